The van der Waals surface area contributed by atoms with E-state index in [2.05, 4.69) is 58.5 Å². The molecule has 172 valence electrons. The zero-order chi connectivity index (χ0) is 22.7. The summed E-state index contributed by atoms with van der Waals surface area (Å²) in [5.41, 5.74) is 3.22. The van der Waals surface area contributed by atoms with E-state index in [-0.39, 0.29) is 24.0 Å². The number of anilines is 2. The average molecular weight is 475 g/mol. The maximum atomic E-state index is 13.0. The number of nitrogens with zero attached hydrogens (tertiary/aromatic N) is 2. The van der Waals surface area contributed by atoms with Crippen molar-refractivity contribution in [3.63, 3.8) is 0 Å². The van der Waals surface area contributed by atoms with Gasteiger partial charge in [0.25, 0.3) is 0 Å². The Morgan fingerprint density at radius 2 is 2.00 bits per heavy atom. The van der Waals surface area contributed by atoms with Gasteiger partial charge in [0.2, 0.25) is 5.91 Å². The molecule has 2 fully saturated rings. The van der Waals surface area contributed by atoms with Crippen molar-refractivity contribution in [1.29, 1.82) is 0 Å². The third-order valence-corrected chi connectivity index (χ3v) is 7.10. The van der Waals surface area contributed by atoms with Gasteiger partial charge in [-0.25, -0.2) is 0 Å². The fraction of sp³-hybridized carbons (Fsp3) is 0.480. The molecule has 2 aliphatic rings. The molecule has 0 aromatic heterocycles. The van der Waals surface area contributed by atoms with Crippen molar-refractivity contribution in [2.75, 3.05) is 36.4 Å². The second-order valence-corrected chi connectivity index (χ2v) is 9.75. The monoisotopic (exact) mass is 474 g/mol. The quantitative estimate of drug-likeness (QED) is 0.613. The van der Waals surface area contributed by atoms with Gasteiger partial charge in [0, 0.05) is 53.1 Å². The summed E-state index contributed by atoms with van der Waals surface area (Å²) in [7, 11) is 0. The first kappa shape index (κ1) is 23.2. The van der Waals surface area contributed by atoms with Crippen molar-refractivity contribution >= 4 is 40.5 Å². The summed E-state index contributed by atoms with van der Waals surface area (Å²) in [4.78, 5) is 17.4. The highest BCUT2D eigenvalue weighted by molar-refractivity contribution is 6.35. The summed E-state index contributed by atoms with van der Waals surface area (Å²) >= 11 is 12.4. The van der Waals surface area contributed by atoms with E-state index in [9.17, 15) is 4.79 Å². The zero-order valence-electron chi connectivity index (χ0n) is 18.8. The predicted octanol–water partition coefficient (Wildman–Crippen LogP) is 5.35. The minimum absolute atomic E-state index is 0.00791. The fourth-order valence-electron chi connectivity index (χ4n) is 4.76. The van der Waals surface area contributed by atoms with Gasteiger partial charge in [-0.15, -0.1) is 0 Å². The number of carbonyl (C=O) groups is 1. The van der Waals surface area contributed by atoms with Gasteiger partial charge >= 0.3 is 0 Å². The van der Waals surface area contributed by atoms with Crippen LogP contribution in [-0.4, -0.2) is 49.1 Å². The minimum Gasteiger partial charge on any atom is -0.378 e. The molecule has 0 radical (unpaired) electrons. The van der Waals surface area contributed by atoms with Crippen LogP contribution >= 0.6 is 23.2 Å². The Balaban J connectivity index is 1.39. The first-order valence-electron chi connectivity index (χ1n) is 11.5. The second kappa shape index (κ2) is 10.3. The largest absolute Gasteiger partial charge is 0.378 e. The van der Waals surface area contributed by atoms with Crippen molar-refractivity contribution in [3.8, 4) is 0 Å². The lowest BCUT2D eigenvalue weighted by atomic mass is 10.0. The van der Waals surface area contributed by atoms with Gasteiger partial charge in [-0.3, -0.25) is 4.79 Å². The molecule has 2 saturated heterocycles. The van der Waals surface area contributed by atoms with Gasteiger partial charge in [0.05, 0.1) is 6.04 Å². The number of benzene rings is 2. The first-order valence-corrected chi connectivity index (χ1v) is 12.3. The van der Waals surface area contributed by atoms with Gasteiger partial charge in [-0.05, 0) is 69.1 Å². The number of halogens is 2. The maximum absolute atomic E-state index is 13.0. The Kier molecular flexibility index (Phi) is 7.49. The third-order valence-electron chi connectivity index (χ3n) is 6.54. The first-order chi connectivity index (χ1) is 15.4. The summed E-state index contributed by atoms with van der Waals surface area (Å²) in [5.74, 6) is 0.265. The Morgan fingerprint density at radius 3 is 2.72 bits per heavy atom. The number of amides is 1. The van der Waals surface area contributed by atoms with Crippen LogP contribution in [0, 0.1) is 0 Å². The van der Waals surface area contributed by atoms with Crippen molar-refractivity contribution in [2.24, 2.45) is 0 Å². The number of piperidine rings is 1. The Labute approximate surface area is 201 Å². The van der Waals surface area contributed by atoms with Crippen molar-refractivity contribution in [1.82, 2.24) is 10.2 Å². The number of piperazine rings is 1. The molecule has 0 spiro atoms. The third kappa shape index (κ3) is 5.33. The van der Waals surface area contributed by atoms with Gasteiger partial charge in [-0.2, -0.15) is 0 Å². The van der Waals surface area contributed by atoms with Crippen LogP contribution in [0.4, 0.5) is 11.4 Å². The molecule has 4 rings (SSSR count). The average Bonchev–Trinajstić information content (AvgIpc) is 2.79. The Hall–Kier alpha value is -1.95. The van der Waals surface area contributed by atoms with E-state index in [4.69, 9.17) is 23.2 Å². The van der Waals surface area contributed by atoms with E-state index in [1.807, 2.05) is 12.1 Å². The number of rotatable bonds is 5. The molecule has 0 bridgehead atoms. The van der Waals surface area contributed by atoms with Crippen LogP contribution in [0.25, 0.3) is 0 Å². The Morgan fingerprint density at radius 1 is 1.16 bits per heavy atom. The van der Waals surface area contributed by atoms with Gasteiger partial charge in [0.1, 0.15) is 0 Å². The summed E-state index contributed by atoms with van der Waals surface area (Å²) in [6.45, 7) is 7.62. The number of hydrogen-bond donors (Lipinski definition) is 2. The molecule has 3 atom stereocenters. The topological polar surface area (TPSA) is 47.6 Å². The molecule has 2 unspecified atom stereocenters. The zero-order valence-corrected chi connectivity index (χ0v) is 20.3. The van der Waals surface area contributed by atoms with E-state index >= 15 is 0 Å². The molecule has 2 heterocycles. The van der Waals surface area contributed by atoms with E-state index < -0.39 is 0 Å². The molecule has 1 amide bonds. The highest BCUT2D eigenvalue weighted by Gasteiger charge is 2.32. The summed E-state index contributed by atoms with van der Waals surface area (Å²) in [6.07, 6.45) is 3.26. The van der Waals surface area contributed by atoms with Crippen LogP contribution in [0.3, 0.4) is 0 Å². The van der Waals surface area contributed by atoms with Crippen molar-refractivity contribution in [3.05, 3.63) is 58.1 Å². The molecule has 0 saturated carbocycles. The SMILES string of the molecule is CC(Nc1cccc(N2CCN(C(=O)C3CCCCN3)[C@H](C)C2)c1)c1ccc(Cl)cc1Cl. The smallest absolute Gasteiger partial charge is 0.240 e. The molecule has 2 aliphatic heterocycles. The van der Waals surface area contributed by atoms with E-state index in [0.717, 1.165) is 50.3 Å². The summed E-state index contributed by atoms with van der Waals surface area (Å²) < 4.78 is 0. The molecule has 7 heteroatoms. The lowest BCUT2D eigenvalue weighted by Gasteiger charge is -2.42. The number of carbonyl (C=O) groups excluding carboxylic acids is 1. The summed E-state index contributed by atoms with van der Waals surface area (Å²) in [5, 5.41) is 8.25. The van der Waals surface area contributed by atoms with Crippen LogP contribution in [0.2, 0.25) is 10.0 Å². The maximum Gasteiger partial charge on any atom is 0.240 e. The van der Waals surface area contributed by atoms with Gasteiger partial charge in [0.15, 0.2) is 0 Å². The van der Waals surface area contributed by atoms with Crippen molar-refractivity contribution < 1.29 is 4.79 Å². The van der Waals surface area contributed by atoms with Crippen LogP contribution in [0.15, 0.2) is 42.5 Å². The predicted molar refractivity (Wildman–Crippen MR) is 134 cm³/mol. The van der Waals surface area contributed by atoms with E-state index in [1.165, 1.54) is 12.1 Å². The molecule has 2 N–H and O–H groups in total. The fourth-order valence-corrected chi connectivity index (χ4v) is 5.33. The summed E-state index contributed by atoms with van der Waals surface area (Å²) in [6, 6.07) is 14.3. The lowest BCUT2D eigenvalue weighted by molar-refractivity contribution is -0.136. The lowest BCUT2D eigenvalue weighted by Crippen LogP contribution is -2.58. The Bertz CT molecular complexity index is 947. The van der Waals surface area contributed by atoms with E-state index in [1.54, 1.807) is 6.07 Å². The minimum atomic E-state index is -0.00791. The van der Waals surface area contributed by atoms with Crippen LogP contribution < -0.4 is 15.5 Å². The van der Waals surface area contributed by atoms with E-state index in [0.29, 0.717) is 10.0 Å². The van der Waals surface area contributed by atoms with Crippen LogP contribution in [0.5, 0.6) is 0 Å². The highest BCUT2D eigenvalue weighted by Crippen LogP contribution is 2.30. The molecular weight excluding hydrogens is 443 g/mol. The number of hydrogen-bond acceptors (Lipinski definition) is 4. The van der Waals surface area contributed by atoms with Gasteiger partial charge < -0.3 is 20.4 Å². The van der Waals surface area contributed by atoms with Gasteiger partial charge in [-0.1, -0.05) is 41.8 Å². The molecule has 0 aliphatic carbocycles. The molecule has 2 aromatic carbocycles. The molecular formula is C25H32Cl2N4O. The molecule has 32 heavy (non-hydrogen) atoms. The van der Waals surface area contributed by atoms with Crippen LogP contribution in [-0.2, 0) is 4.79 Å². The standard InChI is InChI=1S/C25H32Cl2N4O/c1-17-16-30(12-13-31(17)25(32)24-8-3-4-11-28-24)21-7-5-6-20(15-21)29-18(2)22-10-9-19(26)14-23(22)27/h5-7,9-10,14-15,17-18,24,28-29H,3-4,8,11-13,16H2,1-2H3/t17-,18?,24?/m1/s1. The van der Waals surface area contributed by atoms with Crippen molar-refractivity contribution in [2.45, 2.75) is 51.2 Å². The normalized spacial score (nSPS) is 22.5. The highest BCUT2D eigenvalue weighted by atomic mass is 35.5. The molecule has 2 aromatic rings. The number of nitrogens with one attached hydrogen (secondary N) is 2. The van der Waals surface area contributed by atoms with Crippen LogP contribution in [0.1, 0.15) is 44.7 Å². The molecule has 5 nitrogen and oxygen atoms in total. The second-order valence-electron chi connectivity index (χ2n) is 8.91.